The Kier molecular flexibility index (Phi) is 11.2. The van der Waals surface area contributed by atoms with Crippen molar-refractivity contribution in [3.8, 4) is 11.3 Å². The average molecular weight is 763 g/mol. The molecule has 6 rings (SSSR count). The number of morpholine rings is 1. The first kappa shape index (κ1) is 38.7. The number of carbonyl (C=O) groups is 1. The highest BCUT2D eigenvalue weighted by molar-refractivity contribution is 7.92. The van der Waals surface area contributed by atoms with Crippen molar-refractivity contribution >= 4 is 26.6 Å². The molecule has 3 aromatic carbocycles. The number of fused-ring (bicyclic) bond motifs is 1. The second kappa shape index (κ2) is 15.4. The van der Waals surface area contributed by atoms with Gasteiger partial charge in [-0.1, -0.05) is 54.6 Å². The lowest BCUT2D eigenvalue weighted by Crippen LogP contribution is -2.48. The second-order valence-corrected chi connectivity index (χ2v) is 16.1. The number of pyridine rings is 1. The number of para-hydroxylation sites is 1. The molecule has 284 valence electrons. The summed E-state index contributed by atoms with van der Waals surface area (Å²) in [7, 11) is -4.10. The molecule has 0 spiro atoms. The first-order chi connectivity index (χ1) is 25.1. The number of carbonyl (C=O) groups excluding carboxylic acids is 1. The number of aromatic nitrogens is 1. The molecule has 2 aliphatic rings. The molecule has 2 saturated heterocycles. The van der Waals surface area contributed by atoms with Crippen LogP contribution in [0.5, 0.6) is 0 Å². The van der Waals surface area contributed by atoms with Crippen molar-refractivity contribution in [2.45, 2.75) is 67.8 Å². The molecule has 1 atom stereocenters. The molecule has 0 bridgehead atoms. The highest BCUT2D eigenvalue weighted by atomic mass is 32.2. The Balaban J connectivity index is 1.56. The van der Waals surface area contributed by atoms with Crippen molar-refractivity contribution in [3.63, 3.8) is 0 Å². The summed E-state index contributed by atoms with van der Waals surface area (Å²) in [5, 5.41) is 1.16. The molecule has 0 saturated carbocycles. The summed E-state index contributed by atoms with van der Waals surface area (Å²) in [6.45, 7) is 6.71. The van der Waals surface area contributed by atoms with Gasteiger partial charge in [-0.25, -0.2) is 13.4 Å². The van der Waals surface area contributed by atoms with Crippen molar-refractivity contribution in [1.82, 2.24) is 20.1 Å². The number of sulfone groups is 1. The molecular weight excluding hydrogens is 722 g/mol. The van der Waals surface area contributed by atoms with E-state index >= 15 is 0 Å². The largest absolute Gasteiger partial charge is 0.416 e. The summed E-state index contributed by atoms with van der Waals surface area (Å²) in [4.78, 5) is 23.3. The van der Waals surface area contributed by atoms with E-state index in [0.717, 1.165) is 38.1 Å². The maximum Gasteiger partial charge on any atom is 0.416 e. The molecule has 8 nitrogen and oxygen atoms in total. The van der Waals surface area contributed by atoms with Crippen LogP contribution in [-0.2, 0) is 27.3 Å². The van der Waals surface area contributed by atoms with Crippen LogP contribution in [0.15, 0.2) is 77.7 Å². The minimum atomic E-state index is -4.93. The predicted molar refractivity (Wildman–Crippen MR) is 188 cm³/mol. The van der Waals surface area contributed by atoms with Crippen LogP contribution < -0.4 is 5.32 Å². The SMILES string of the molecule is CC(C)S(=O)(=O)c1cccc2c(C(=O)N[C@@H](c3ccccc3)C(F)(F)F)c(CN3CCC(N4CCOCC4)CC3)c(-c3cccc(C(F)(F)F)c3)nc12. The van der Waals surface area contributed by atoms with E-state index in [4.69, 9.17) is 9.72 Å². The van der Waals surface area contributed by atoms with E-state index in [1.54, 1.807) is 0 Å². The summed E-state index contributed by atoms with van der Waals surface area (Å²) >= 11 is 0. The van der Waals surface area contributed by atoms with Gasteiger partial charge in [0.2, 0.25) is 0 Å². The van der Waals surface area contributed by atoms with Gasteiger partial charge in [0.25, 0.3) is 5.91 Å². The number of hydrogen-bond acceptors (Lipinski definition) is 7. The number of hydrogen-bond donors (Lipinski definition) is 1. The van der Waals surface area contributed by atoms with Crippen molar-refractivity contribution < 1.29 is 44.3 Å². The van der Waals surface area contributed by atoms with E-state index in [-0.39, 0.29) is 56.3 Å². The van der Waals surface area contributed by atoms with Gasteiger partial charge in [0, 0.05) is 42.2 Å². The number of ether oxygens (including phenoxy) is 1. The monoisotopic (exact) mass is 762 g/mol. The van der Waals surface area contributed by atoms with Gasteiger partial charge in [0.05, 0.1) is 45.7 Å². The number of alkyl halides is 6. The number of likely N-dealkylation sites (tertiary alicyclic amines) is 1. The molecule has 2 aliphatic heterocycles. The molecule has 1 aromatic heterocycles. The lowest BCUT2D eigenvalue weighted by atomic mass is 9.93. The molecule has 1 N–H and O–H groups in total. The van der Waals surface area contributed by atoms with Crippen LogP contribution in [0.4, 0.5) is 26.3 Å². The lowest BCUT2D eigenvalue weighted by molar-refractivity contribution is -0.155. The number of benzene rings is 3. The minimum absolute atomic E-state index is 0.0351. The number of nitrogens with zero attached hydrogens (tertiary/aromatic N) is 3. The van der Waals surface area contributed by atoms with Gasteiger partial charge in [-0.2, -0.15) is 26.3 Å². The topological polar surface area (TPSA) is 91.8 Å². The second-order valence-electron chi connectivity index (χ2n) is 13.7. The molecular formula is C38H40F6N4O4S. The average Bonchev–Trinajstić information content (AvgIpc) is 3.13. The summed E-state index contributed by atoms with van der Waals surface area (Å²) in [5.41, 5.74) is -1.86. The third kappa shape index (κ3) is 8.37. The molecule has 1 amide bonds. The summed E-state index contributed by atoms with van der Waals surface area (Å²) in [6.07, 6.45) is -8.21. The summed E-state index contributed by atoms with van der Waals surface area (Å²) in [5.74, 6) is -1.17. The van der Waals surface area contributed by atoms with Crippen molar-refractivity contribution in [2.24, 2.45) is 0 Å². The van der Waals surface area contributed by atoms with Gasteiger partial charge >= 0.3 is 12.4 Å². The third-order valence-corrected chi connectivity index (χ3v) is 12.1. The zero-order valence-corrected chi connectivity index (χ0v) is 30.0. The zero-order valence-electron chi connectivity index (χ0n) is 29.2. The molecule has 4 aromatic rings. The van der Waals surface area contributed by atoms with Crippen molar-refractivity contribution in [3.05, 3.63) is 95.1 Å². The van der Waals surface area contributed by atoms with E-state index < -0.39 is 45.0 Å². The highest BCUT2D eigenvalue weighted by Gasteiger charge is 2.43. The van der Waals surface area contributed by atoms with Gasteiger partial charge in [-0.3, -0.25) is 14.6 Å². The van der Waals surface area contributed by atoms with Crippen LogP contribution in [0.1, 0.15) is 59.8 Å². The van der Waals surface area contributed by atoms with Gasteiger partial charge in [-0.15, -0.1) is 0 Å². The molecule has 0 radical (unpaired) electrons. The molecule has 0 unspecified atom stereocenters. The first-order valence-corrected chi connectivity index (χ1v) is 18.9. The van der Waals surface area contributed by atoms with Gasteiger partial charge < -0.3 is 10.1 Å². The van der Waals surface area contributed by atoms with Crippen LogP contribution in [0, 0.1) is 0 Å². The van der Waals surface area contributed by atoms with E-state index in [1.807, 2.05) is 4.90 Å². The van der Waals surface area contributed by atoms with Crippen LogP contribution in [0.2, 0.25) is 0 Å². The predicted octanol–water partition coefficient (Wildman–Crippen LogP) is 7.43. The van der Waals surface area contributed by atoms with Crippen LogP contribution >= 0.6 is 0 Å². The standard InChI is InChI=1S/C38H40F6N4O4S/c1-24(2)53(50,51)31-13-7-12-29-32(36(49)46-35(38(42,43)44)25-8-4-3-5-9-25)30(23-47-16-14-28(15-17-47)48-18-20-52-21-19-48)33(45-34(29)31)26-10-6-11-27(22-26)37(39,40)41/h3-13,22,24,28,35H,14-21,23H2,1-2H3,(H,46,49)/t35-/m0/s1. The third-order valence-electron chi connectivity index (χ3n) is 9.93. The summed E-state index contributed by atoms with van der Waals surface area (Å²) < 4.78 is 119. The zero-order chi connectivity index (χ0) is 38.1. The number of piperidine rings is 1. The fourth-order valence-corrected chi connectivity index (χ4v) is 8.29. The maximum atomic E-state index is 14.6. The van der Waals surface area contributed by atoms with Gasteiger partial charge in [0.15, 0.2) is 15.9 Å². The molecule has 53 heavy (non-hydrogen) atoms. The summed E-state index contributed by atoms with van der Waals surface area (Å²) in [6, 6.07) is 12.9. The molecule has 3 heterocycles. The van der Waals surface area contributed by atoms with Gasteiger partial charge in [-0.05, 0) is 63.5 Å². The number of halogens is 6. The van der Waals surface area contributed by atoms with Crippen molar-refractivity contribution in [1.29, 1.82) is 0 Å². The molecule has 15 heteroatoms. The number of amides is 1. The van der Waals surface area contributed by atoms with Crippen LogP contribution in [0.3, 0.4) is 0 Å². The van der Waals surface area contributed by atoms with E-state index in [9.17, 15) is 39.6 Å². The Hall–Kier alpha value is -4.05. The van der Waals surface area contributed by atoms with Crippen LogP contribution in [-0.4, -0.2) is 86.0 Å². The van der Waals surface area contributed by atoms with Crippen LogP contribution in [0.25, 0.3) is 22.2 Å². The maximum absolute atomic E-state index is 14.6. The van der Waals surface area contributed by atoms with E-state index in [1.165, 1.54) is 74.5 Å². The van der Waals surface area contributed by atoms with E-state index in [2.05, 4.69) is 10.2 Å². The minimum Gasteiger partial charge on any atom is -0.379 e. The molecule has 0 aliphatic carbocycles. The highest BCUT2D eigenvalue weighted by Crippen LogP contribution is 2.39. The van der Waals surface area contributed by atoms with Crippen molar-refractivity contribution in [2.75, 3.05) is 39.4 Å². The quantitative estimate of drug-likeness (QED) is 0.178. The Morgan fingerprint density at radius 3 is 2.19 bits per heavy atom. The Bertz CT molecular complexity index is 2040. The van der Waals surface area contributed by atoms with E-state index in [0.29, 0.717) is 26.3 Å². The number of nitrogens with one attached hydrogen (secondary N) is 1. The Labute approximate surface area is 304 Å². The first-order valence-electron chi connectivity index (χ1n) is 17.4. The normalized spacial score (nSPS) is 17.7. The fourth-order valence-electron chi connectivity index (χ4n) is 7.09. The fraction of sp³-hybridized carbons (Fsp3) is 0.421. The Morgan fingerprint density at radius 1 is 0.906 bits per heavy atom. The molecule has 2 fully saturated rings. The smallest absolute Gasteiger partial charge is 0.379 e. The van der Waals surface area contributed by atoms with Gasteiger partial charge in [0.1, 0.15) is 0 Å². The lowest BCUT2D eigenvalue weighted by Gasteiger charge is -2.40. The number of rotatable bonds is 9. The Morgan fingerprint density at radius 2 is 1.57 bits per heavy atom.